The number of carbonyl (C=O) groups is 3. The van der Waals surface area contributed by atoms with E-state index in [1.54, 1.807) is 6.07 Å². The van der Waals surface area contributed by atoms with Crippen LogP contribution in [0.2, 0.25) is 0 Å². The average molecular weight is 375 g/mol. The number of nitrogens with zero attached hydrogens (tertiary/aromatic N) is 1. The third-order valence-corrected chi connectivity index (χ3v) is 5.11. The van der Waals surface area contributed by atoms with Crippen molar-refractivity contribution in [3.05, 3.63) is 70.4 Å². The Morgan fingerprint density at radius 1 is 1.00 bits per heavy atom. The van der Waals surface area contributed by atoms with E-state index in [0.29, 0.717) is 11.4 Å². The molecule has 0 saturated heterocycles. The minimum absolute atomic E-state index is 0.00660. The first-order chi connectivity index (χ1) is 13.3. The highest BCUT2D eigenvalue weighted by Gasteiger charge is 2.42. The Kier molecular flexibility index (Phi) is 4.00. The van der Waals surface area contributed by atoms with Crippen LogP contribution in [-0.2, 0) is 0 Å². The van der Waals surface area contributed by atoms with Gasteiger partial charge in [-0.2, -0.15) is 0 Å². The van der Waals surface area contributed by atoms with Crippen molar-refractivity contribution in [2.75, 3.05) is 0 Å². The van der Waals surface area contributed by atoms with Crippen molar-refractivity contribution in [2.24, 2.45) is 0 Å². The van der Waals surface area contributed by atoms with Crippen LogP contribution in [-0.4, -0.2) is 32.7 Å². The molecule has 0 bridgehead atoms. The minimum atomic E-state index is -1.27. The summed E-state index contributed by atoms with van der Waals surface area (Å²) in [7, 11) is 0. The number of aromatic nitrogens is 1. The summed E-state index contributed by atoms with van der Waals surface area (Å²) in [4.78, 5) is 41.2. The highest BCUT2D eigenvalue weighted by atomic mass is 16.4. The number of Topliss-reactive ketones (excluding diaryl/α,β-unsaturated/α-hetero) is 2. The molecule has 140 valence electrons. The molecule has 2 aromatic carbocycles. The van der Waals surface area contributed by atoms with Gasteiger partial charge in [-0.25, -0.2) is 9.78 Å². The molecule has 1 atom stereocenters. The first-order valence-corrected chi connectivity index (χ1v) is 8.87. The van der Waals surface area contributed by atoms with Gasteiger partial charge in [0.05, 0.1) is 11.1 Å². The Balaban J connectivity index is 1.82. The molecule has 1 heterocycles. The molecule has 0 amide bonds. The Morgan fingerprint density at radius 2 is 1.71 bits per heavy atom. The van der Waals surface area contributed by atoms with Gasteiger partial charge in [0.25, 0.3) is 0 Å². The Morgan fingerprint density at radius 3 is 2.39 bits per heavy atom. The van der Waals surface area contributed by atoms with Crippen molar-refractivity contribution in [1.82, 2.24) is 4.98 Å². The van der Waals surface area contributed by atoms with E-state index in [0.717, 1.165) is 10.9 Å². The average Bonchev–Trinajstić information content (AvgIpc) is 2.91. The number of fused-ring (bicyclic) bond motifs is 2. The Labute approximate surface area is 160 Å². The largest absolute Gasteiger partial charge is 0.506 e. The summed E-state index contributed by atoms with van der Waals surface area (Å²) in [5.74, 6) is -3.41. The predicted octanol–water partition coefficient (Wildman–Crippen LogP) is 3.92. The second-order valence-electron chi connectivity index (χ2n) is 7.23. The second-order valence-corrected chi connectivity index (χ2v) is 7.23. The number of carbonyl (C=O) groups excluding carboxylic acids is 2. The smallest absolute Gasteiger partial charge is 0.335 e. The van der Waals surface area contributed by atoms with E-state index >= 15 is 0 Å². The Bertz CT molecular complexity index is 1180. The fraction of sp³-hybridized carbons (Fsp3) is 0.182. The number of aromatic hydroxyl groups is 1. The molecule has 1 unspecified atom stereocenters. The number of hydrogen-bond donors (Lipinski definition) is 2. The fourth-order valence-electron chi connectivity index (χ4n) is 3.54. The summed E-state index contributed by atoms with van der Waals surface area (Å²) in [5.41, 5.74) is 1.77. The van der Waals surface area contributed by atoms with Gasteiger partial charge in [-0.3, -0.25) is 9.59 Å². The highest BCUT2D eigenvalue weighted by Crippen LogP contribution is 2.38. The monoisotopic (exact) mass is 375 g/mol. The van der Waals surface area contributed by atoms with Crippen molar-refractivity contribution in [3.63, 3.8) is 0 Å². The first-order valence-electron chi connectivity index (χ1n) is 8.87. The topological polar surface area (TPSA) is 105 Å². The number of pyridine rings is 1. The third-order valence-electron chi connectivity index (χ3n) is 5.11. The number of ketones is 2. The molecule has 0 aliphatic heterocycles. The highest BCUT2D eigenvalue weighted by molar-refractivity contribution is 6.30. The zero-order valence-electron chi connectivity index (χ0n) is 15.3. The van der Waals surface area contributed by atoms with Crippen LogP contribution in [0, 0.1) is 0 Å². The molecule has 28 heavy (non-hydrogen) atoms. The van der Waals surface area contributed by atoms with Crippen LogP contribution >= 0.6 is 0 Å². The number of rotatable bonds is 3. The standard InChI is InChI=1S/C22H17NO5/c1-10(2)11-4-6-16-13(7-11)9-17(24)19(23-16)18-20(25)14-5-3-12(22(27)28)8-15(14)21(18)26/h3-10,18,24H,1-2H3,(H,27,28). The number of carboxylic acid groups (broad SMARTS) is 1. The molecular formula is C22H17NO5. The van der Waals surface area contributed by atoms with E-state index in [1.165, 1.54) is 24.3 Å². The summed E-state index contributed by atoms with van der Waals surface area (Å²) in [6.45, 7) is 4.11. The van der Waals surface area contributed by atoms with Gasteiger partial charge in [-0.1, -0.05) is 19.9 Å². The lowest BCUT2D eigenvalue weighted by Gasteiger charge is -2.12. The van der Waals surface area contributed by atoms with Crippen molar-refractivity contribution in [1.29, 1.82) is 0 Å². The molecule has 0 fully saturated rings. The van der Waals surface area contributed by atoms with Crippen molar-refractivity contribution in [3.8, 4) is 5.75 Å². The molecule has 4 rings (SSSR count). The van der Waals surface area contributed by atoms with Crippen LogP contribution in [0.5, 0.6) is 5.75 Å². The number of hydrogen-bond acceptors (Lipinski definition) is 5. The number of carboxylic acids is 1. The third kappa shape index (κ3) is 2.65. The summed E-state index contributed by atoms with van der Waals surface area (Å²) in [6.07, 6.45) is 0. The summed E-state index contributed by atoms with van der Waals surface area (Å²) >= 11 is 0. The molecule has 1 aliphatic rings. The van der Waals surface area contributed by atoms with Gasteiger partial charge < -0.3 is 10.2 Å². The molecule has 0 radical (unpaired) electrons. The number of aromatic carboxylic acids is 1. The van der Waals surface area contributed by atoms with Crippen LogP contribution in [0.15, 0.2) is 42.5 Å². The zero-order valence-corrected chi connectivity index (χ0v) is 15.3. The van der Waals surface area contributed by atoms with Gasteiger partial charge in [0.1, 0.15) is 17.4 Å². The number of benzene rings is 2. The van der Waals surface area contributed by atoms with Gasteiger partial charge in [0, 0.05) is 16.5 Å². The summed E-state index contributed by atoms with van der Waals surface area (Å²) in [6, 6.07) is 11.0. The molecule has 0 spiro atoms. The van der Waals surface area contributed by atoms with Crippen LogP contribution < -0.4 is 0 Å². The lowest BCUT2D eigenvalue weighted by Crippen LogP contribution is -2.15. The summed E-state index contributed by atoms with van der Waals surface area (Å²) in [5, 5.41) is 20.3. The van der Waals surface area contributed by atoms with Crippen molar-refractivity contribution >= 4 is 28.4 Å². The maximum atomic E-state index is 12.8. The van der Waals surface area contributed by atoms with Crippen LogP contribution in [0.1, 0.15) is 68.0 Å². The van der Waals surface area contributed by atoms with E-state index in [9.17, 15) is 19.5 Å². The molecule has 1 aromatic heterocycles. The van der Waals surface area contributed by atoms with Crippen molar-refractivity contribution in [2.45, 2.75) is 25.7 Å². The Hall–Kier alpha value is -3.54. The minimum Gasteiger partial charge on any atom is -0.506 e. The lowest BCUT2D eigenvalue weighted by atomic mass is 9.96. The molecule has 6 heteroatoms. The summed E-state index contributed by atoms with van der Waals surface area (Å²) < 4.78 is 0. The lowest BCUT2D eigenvalue weighted by molar-refractivity contribution is 0.0696. The van der Waals surface area contributed by atoms with E-state index in [1.807, 2.05) is 12.1 Å². The zero-order chi connectivity index (χ0) is 20.2. The predicted molar refractivity (Wildman–Crippen MR) is 102 cm³/mol. The second kappa shape index (κ2) is 6.27. The molecule has 2 N–H and O–H groups in total. The van der Waals surface area contributed by atoms with Crippen LogP contribution in [0.4, 0.5) is 0 Å². The molecule has 1 aliphatic carbocycles. The maximum Gasteiger partial charge on any atom is 0.335 e. The SMILES string of the molecule is CC(C)c1ccc2nc(C3C(=O)c4ccc(C(=O)O)cc4C3=O)c(O)cc2c1. The van der Waals surface area contributed by atoms with Gasteiger partial charge in [0.15, 0.2) is 11.6 Å². The van der Waals surface area contributed by atoms with Gasteiger partial charge in [-0.15, -0.1) is 0 Å². The molecule has 0 saturated carbocycles. The first kappa shape index (κ1) is 17.9. The maximum absolute atomic E-state index is 12.8. The molecule has 6 nitrogen and oxygen atoms in total. The van der Waals surface area contributed by atoms with E-state index in [2.05, 4.69) is 18.8 Å². The van der Waals surface area contributed by atoms with Crippen LogP contribution in [0.3, 0.4) is 0 Å². The van der Waals surface area contributed by atoms with E-state index in [-0.39, 0.29) is 28.1 Å². The normalized spacial score (nSPS) is 16.0. The van der Waals surface area contributed by atoms with Crippen molar-refractivity contribution < 1.29 is 24.6 Å². The van der Waals surface area contributed by atoms with E-state index in [4.69, 9.17) is 5.11 Å². The molecule has 3 aromatic rings. The van der Waals surface area contributed by atoms with Gasteiger partial charge in [-0.05, 0) is 47.9 Å². The van der Waals surface area contributed by atoms with Crippen LogP contribution in [0.25, 0.3) is 10.9 Å². The fourth-order valence-corrected chi connectivity index (χ4v) is 3.54. The van der Waals surface area contributed by atoms with E-state index < -0.39 is 23.5 Å². The van der Waals surface area contributed by atoms with Gasteiger partial charge in [0.2, 0.25) is 0 Å². The molecular weight excluding hydrogens is 358 g/mol. The van der Waals surface area contributed by atoms with Gasteiger partial charge >= 0.3 is 5.97 Å². The quantitative estimate of drug-likeness (QED) is 0.672.